The number of hydrogen-bond acceptors (Lipinski definition) is 3. The standard InChI is InChI=1S/C8H7BrN2O3/c1-5(12)10-7-3-2-6(9)4-8(7)11(13)14/h2-4H,1H3,(H,10,12). The van der Waals surface area contributed by atoms with E-state index in [2.05, 4.69) is 21.2 Å². The van der Waals surface area contributed by atoms with Crippen LogP contribution in [-0.2, 0) is 4.79 Å². The molecule has 0 radical (unpaired) electrons. The Labute approximate surface area is 88.4 Å². The first-order valence-corrected chi connectivity index (χ1v) is 4.51. The van der Waals surface area contributed by atoms with Crippen LogP contribution in [0.3, 0.4) is 0 Å². The number of carbonyl (C=O) groups is 1. The van der Waals surface area contributed by atoms with E-state index in [-0.39, 0.29) is 17.3 Å². The lowest BCUT2D eigenvalue weighted by Crippen LogP contribution is -2.07. The molecular formula is C8H7BrN2O3. The highest BCUT2D eigenvalue weighted by Gasteiger charge is 2.14. The molecule has 0 aliphatic rings. The Morgan fingerprint density at radius 1 is 1.57 bits per heavy atom. The van der Waals surface area contributed by atoms with Crippen LogP contribution in [0.1, 0.15) is 6.92 Å². The lowest BCUT2D eigenvalue weighted by atomic mass is 10.2. The predicted molar refractivity (Wildman–Crippen MR) is 55.1 cm³/mol. The summed E-state index contributed by atoms with van der Waals surface area (Å²) in [4.78, 5) is 20.8. The molecule has 0 saturated carbocycles. The lowest BCUT2D eigenvalue weighted by Gasteiger charge is -2.02. The number of nitrogens with zero attached hydrogens (tertiary/aromatic N) is 1. The predicted octanol–water partition coefficient (Wildman–Crippen LogP) is 2.32. The van der Waals surface area contributed by atoms with E-state index in [1.807, 2.05) is 0 Å². The van der Waals surface area contributed by atoms with Crippen LogP contribution in [0.15, 0.2) is 22.7 Å². The zero-order valence-corrected chi connectivity index (χ0v) is 8.87. The maximum atomic E-state index is 10.7. The van der Waals surface area contributed by atoms with Crippen molar-refractivity contribution in [2.45, 2.75) is 6.92 Å². The van der Waals surface area contributed by atoms with E-state index in [0.29, 0.717) is 4.47 Å². The third-order valence-electron chi connectivity index (χ3n) is 1.47. The molecule has 6 heteroatoms. The summed E-state index contributed by atoms with van der Waals surface area (Å²) >= 11 is 3.11. The SMILES string of the molecule is CC(=O)Nc1ccc(Br)cc1[N+](=O)[O-]. The Morgan fingerprint density at radius 2 is 2.21 bits per heavy atom. The fourth-order valence-electron chi connectivity index (χ4n) is 0.951. The first-order chi connectivity index (χ1) is 6.50. The summed E-state index contributed by atoms with van der Waals surface area (Å²) in [5.41, 5.74) is 0.0697. The molecule has 0 fully saturated rings. The zero-order valence-electron chi connectivity index (χ0n) is 7.28. The first kappa shape index (κ1) is 10.6. The zero-order chi connectivity index (χ0) is 10.7. The Kier molecular flexibility index (Phi) is 3.19. The van der Waals surface area contributed by atoms with Crippen LogP contribution in [-0.4, -0.2) is 10.8 Å². The van der Waals surface area contributed by atoms with Crippen LogP contribution in [0.4, 0.5) is 11.4 Å². The van der Waals surface area contributed by atoms with Gasteiger partial charge in [0, 0.05) is 17.5 Å². The van der Waals surface area contributed by atoms with Crippen molar-refractivity contribution in [3.05, 3.63) is 32.8 Å². The van der Waals surface area contributed by atoms with Gasteiger partial charge in [0.1, 0.15) is 5.69 Å². The van der Waals surface area contributed by atoms with Gasteiger partial charge in [-0.2, -0.15) is 0 Å². The van der Waals surface area contributed by atoms with Crippen molar-refractivity contribution in [3.63, 3.8) is 0 Å². The fourth-order valence-corrected chi connectivity index (χ4v) is 1.30. The second-order valence-electron chi connectivity index (χ2n) is 2.60. The van der Waals surface area contributed by atoms with Crippen LogP contribution in [0.5, 0.6) is 0 Å². The van der Waals surface area contributed by atoms with Crippen LogP contribution in [0.2, 0.25) is 0 Å². The minimum atomic E-state index is -0.546. The molecule has 1 amide bonds. The quantitative estimate of drug-likeness (QED) is 0.654. The van der Waals surface area contributed by atoms with Crippen molar-refractivity contribution >= 4 is 33.2 Å². The number of hydrogen-bond donors (Lipinski definition) is 1. The molecule has 0 heterocycles. The highest BCUT2D eigenvalue weighted by atomic mass is 79.9. The molecule has 0 saturated heterocycles. The number of benzene rings is 1. The van der Waals surface area contributed by atoms with Crippen molar-refractivity contribution in [1.29, 1.82) is 0 Å². The van der Waals surface area contributed by atoms with Gasteiger partial charge in [-0.1, -0.05) is 15.9 Å². The van der Waals surface area contributed by atoms with Crippen LogP contribution < -0.4 is 5.32 Å². The summed E-state index contributed by atoms with van der Waals surface area (Å²) < 4.78 is 0.596. The number of anilines is 1. The van der Waals surface area contributed by atoms with E-state index in [0.717, 1.165) is 0 Å². The Morgan fingerprint density at radius 3 is 2.71 bits per heavy atom. The van der Waals surface area contributed by atoms with Gasteiger partial charge in [0.15, 0.2) is 0 Å². The van der Waals surface area contributed by atoms with Gasteiger partial charge < -0.3 is 5.32 Å². The van der Waals surface area contributed by atoms with Crippen molar-refractivity contribution in [2.24, 2.45) is 0 Å². The summed E-state index contributed by atoms with van der Waals surface area (Å²) in [6, 6.07) is 4.44. The molecule has 5 nitrogen and oxygen atoms in total. The second-order valence-corrected chi connectivity index (χ2v) is 3.52. The van der Waals surface area contributed by atoms with Crippen molar-refractivity contribution in [1.82, 2.24) is 0 Å². The van der Waals surface area contributed by atoms with Crippen molar-refractivity contribution < 1.29 is 9.72 Å². The topological polar surface area (TPSA) is 72.2 Å². The van der Waals surface area contributed by atoms with Gasteiger partial charge in [-0.05, 0) is 12.1 Å². The number of halogens is 1. The van der Waals surface area contributed by atoms with Crippen molar-refractivity contribution in [2.75, 3.05) is 5.32 Å². The van der Waals surface area contributed by atoms with E-state index < -0.39 is 4.92 Å². The van der Waals surface area contributed by atoms with E-state index in [4.69, 9.17) is 0 Å². The summed E-state index contributed by atoms with van der Waals surface area (Å²) in [6.07, 6.45) is 0. The molecule has 14 heavy (non-hydrogen) atoms. The molecule has 74 valence electrons. The summed E-state index contributed by atoms with van der Waals surface area (Å²) in [5, 5.41) is 13.0. The fraction of sp³-hybridized carbons (Fsp3) is 0.125. The smallest absolute Gasteiger partial charge is 0.293 e. The first-order valence-electron chi connectivity index (χ1n) is 3.72. The van der Waals surface area contributed by atoms with Gasteiger partial charge >= 0.3 is 0 Å². The molecule has 1 aromatic rings. The number of carbonyl (C=O) groups excluding carboxylic acids is 1. The number of nitro benzene ring substituents is 1. The second kappa shape index (κ2) is 4.19. The van der Waals surface area contributed by atoms with Gasteiger partial charge in [0.25, 0.3) is 5.69 Å². The Bertz CT molecular complexity index is 392. The highest BCUT2D eigenvalue weighted by Crippen LogP contribution is 2.27. The largest absolute Gasteiger partial charge is 0.321 e. The van der Waals surface area contributed by atoms with Gasteiger partial charge in [0.2, 0.25) is 5.91 Å². The van der Waals surface area contributed by atoms with Gasteiger partial charge in [-0.15, -0.1) is 0 Å². The van der Waals surface area contributed by atoms with Gasteiger partial charge in [-0.25, -0.2) is 0 Å². The normalized spacial score (nSPS) is 9.57. The average molecular weight is 259 g/mol. The summed E-state index contributed by atoms with van der Waals surface area (Å²) in [6.45, 7) is 1.30. The van der Waals surface area contributed by atoms with E-state index in [1.54, 1.807) is 6.07 Å². The lowest BCUT2D eigenvalue weighted by molar-refractivity contribution is -0.384. The molecule has 0 atom stereocenters. The Balaban J connectivity index is 3.14. The molecule has 0 unspecified atom stereocenters. The highest BCUT2D eigenvalue weighted by molar-refractivity contribution is 9.10. The Hall–Kier alpha value is -1.43. The molecule has 0 aromatic heterocycles. The number of nitrogens with one attached hydrogen (secondary N) is 1. The third kappa shape index (κ3) is 2.53. The molecule has 1 rings (SSSR count). The maximum absolute atomic E-state index is 10.7. The van der Waals surface area contributed by atoms with Crippen LogP contribution in [0, 0.1) is 10.1 Å². The number of nitro groups is 1. The molecule has 1 aromatic carbocycles. The summed E-state index contributed by atoms with van der Waals surface area (Å²) in [5.74, 6) is -0.338. The number of amides is 1. The van der Waals surface area contributed by atoms with Crippen molar-refractivity contribution in [3.8, 4) is 0 Å². The van der Waals surface area contributed by atoms with Gasteiger partial charge in [0.05, 0.1) is 4.92 Å². The van der Waals surface area contributed by atoms with E-state index >= 15 is 0 Å². The molecule has 1 N–H and O–H groups in total. The number of rotatable bonds is 2. The molecule has 0 bridgehead atoms. The maximum Gasteiger partial charge on any atom is 0.293 e. The molecule has 0 aliphatic heterocycles. The van der Waals surface area contributed by atoms with Gasteiger partial charge in [-0.3, -0.25) is 14.9 Å². The third-order valence-corrected chi connectivity index (χ3v) is 1.96. The van der Waals surface area contributed by atoms with Crippen LogP contribution >= 0.6 is 15.9 Å². The minimum Gasteiger partial charge on any atom is -0.321 e. The monoisotopic (exact) mass is 258 g/mol. The minimum absolute atomic E-state index is 0.130. The summed E-state index contributed by atoms with van der Waals surface area (Å²) in [7, 11) is 0. The van der Waals surface area contributed by atoms with E-state index in [1.165, 1.54) is 19.1 Å². The average Bonchev–Trinajstić information content (AvgIpc) is 2.07. The molecule has 0 spiro atoms. The van der Waals surface area contributed by atoms with E-state index in [9.17, 15) is 14.9 Å². The molecular weight excluding hydrogens is 252 g/mol. The molecule has 0 aliphatic carbocycles. The van der Waals surface area contributed by atoms with Crippen LogP contribution in [0.25, 0.3) is 0 Å².